The number of anilines is 1. The Morgan fingerprint density at radius 1 is 1.18 bits per heavy atom. The predicted molar refractivity (Wildman–Crippen MR) is 114 cm³/mol. The second-order valence-corrected chi connectivity index (χ2v) is 7.19. The van der Waals surface area contributed by atoms with Gasteiger partial charge in [0.05, 0.1) is 24.2 Å². The molecule has 1 aliphatic heterocycles. The fourth-order valence-electron chi connectivity index (χ4n) is 3.07. The molecule has 0 unspecified atom stereocenters. The molecule has 3 rings (SSSR count). The summed E-state index contributed by atoms with van der Waals surface area (Å²) >= 11 is 5.49. The molecule has 0 bridgehead atoms. The van der Waals surface area contributed by atoms with Gasteiger partial charge in [-0.05, 0) is 36.8 Å². The van der Waals surface area contributed by atoms with Gasteiger partial charge in [-0.1, -0.05) is 29.8 Å². The normalized spacial score (nSPS) is 15.6. The van der Waals surface area contributed by atoms with Gasteiger partial charge in [0.15, 0.2) is 5.11 Å². The van der Waals surface area contributed by atoms with Crippen molar-refractivity contribution in [2.75, 3.05) is 38.2 Å². The number of benzene rings is 2. The van der Waals surface area contributed by atoms with Gasteiger partial charge in [-0.2, -0.15) is 0 Å². The monoisotopic (exact) mass is 400 g/mol. The van der Waals surface area contributed by atoms with E-state index < -0.39 is 4.92 Å². The topological polar surface area (TPSA) is 79.7 Å². The van der Waals surface area contributed by atoms with Crippen molar-refractivity contribution in [2.45, 2.75) is 13.0 Å². The molecule has 0 radical (unpaired) electrons. The molecule has 1 atom stereocenters. The molecule has 0 saturated carbocycles. The second kappa shape index (κ2) is 9.59. The number of thiocarbonyl (C=S) groups is 1. The first-order valence-electron chi connectivity index (χ1n) is 9.20. The van der Waals surface area contributed by atoms with Crippen LogP contribution in [0.15, 0.2) is 48.5 Å². The maximum atomic E-state index is 10.8. The average Bonchev–Trinajstić information content (AvgIpc) is 2.69. The number of nitrogens with one attached hydrogen (secondary N) is 2. The van der Waals surface area contributed by atoms with Crippen LogP contribution in [0.3, 0.4) is 0 Å². The smallest absolute Gasteiger partial charge is 0.269 e. The third-order valence-electron chi connectivity index (χ3n) is 4.67. The molecule has 1 aliphatic rings. The Morgan fingerprint density at radius 2 is 1.82 bits per heavy atom. The summed E-state index contributed by atoms with van der Waals surface area (Å²) in [6.45, 7) is 6.15. The van der Waals surface area contributed by atoms with E-state index in [2.05, 4.69) is 46.7 Å². The third-order valence-corrected chi connectivity index (χ3v) is 4.89. The van der Waals surface area contributed by atoms with E-state index >= 15 is 0 Å². The number of hydrogen-bond donors (Lipinski definition) is 2. The first-order valence-corrected chi connectivity index (χ1v) is 9.61. The highest BCUT2D eigenvalue weighted by molar-refractivity contribution is 7.80. The van der Waals surface area contributed by atoms with Crippen molar-refractivity contribution >= 4 is 28.7 Å². The van der Waals surface area contributed by atoms with Crippen LogP contribution in [0.1, 0.15) is 17.2 Å². The number of nitrogens with zero attached hydrogens (tertiary/aromatic N) is 2. The molecule has 0 aliphatic carbocycles. The van der Waals surface area contributed by atoms with Crippen molar-refractivity contribution in [1.82, 2.24) is 10.2 Å². The van der Waals surface area contributed by atoms with Gasteiger partial charge in [0.2, 0.25) is 0 Å². The molecule has 2 aromatic rings. The van der Waals surface area contributed by atoms with Crippen molar-refractivity contribution in [2.24, 2.45) is 0 Å². The van der Waals surface area contributed by atoms with E-state index in [0.717, 1.165) is 38.4 Å². The SMILES string of the molecule is Cc1ccc([C@@H](CN2CCOCC2)NC(=S)Nc2ccc([N+](=O)[O-])cc2)cc1. The highest BCUT2D eigenvalue weighted by Crippen LogP contribution is 2.18. The first-order chi connectivity index (χ1) is 13.5. The van der Waals surface area contributed by atoms with Gasteiger partial charge < -0.3 is 15.4 Å². The van der Waals surface area contributed by atoms with Crippen molar-refractivity contribution in [3.8, 4) is 0 Å². The van der Waals surface area contributed by atoms with E-state index in [4.69, 9.17) is 17.0 Å². The van der Waals surface area contributed by atoms with Gasteiger partial charge in [0.1, 0.15) is 0 Å². The summed E-state index contributed by atoms with van der Waals surface area (Å²) in [5.74, 6) is 0. The molecule has 2 N–H and O–H groups in total. The van der Waals surface area contributed by atoms with Crippen LogP contribution < -0.4 is 10.6 Å². The second-order valence-electron chi connectivity index (χ2n) is 6.78. The molecule has 0 spiro atoms. The van der Waals surface area contributed by atoms with E-state index in [1.165, 1.54) is 17.7 Å². The Labute approximate surface area is 169 Å². The maximum absolute atomic E-state index is 10.8. The number of nitro groups is 1. The zero-order valence-electron chi connectivity index (χ0n) is 15.8. The number of aryl methyl sites for hydroxylation is 1. The number of morpholine rings is 1. The molecule has 28 heavy (non-hydrogen) atoms. The van der Waals surface area contributed by atoms with Crippen molar-refractivity contribution in [3.05, 3.63) is 69.8 Å². The zero-order valence-corrected chi connectivity index (χ0v) is 16.6. The molecule has 148 valence electrons. The minimum absolute atomic E-state index is 0.0248. The summed E-state index contributed by atoms with van der Waals surface area (Å²) in [5.41, 5.74) is 3.12. The molecule has 1 saturated heterocycles. The summed E-state index contributed by atoms with van der Waals surface area (Å²) in [6.07, 6.45) is 0. The summed E-state index contributed by atoms with van der Waals surface area (Å²) < 4.78 is 5.44. The number of ether oxygens (including phenoxy) is 1. The lowest BCUT2D eigenvalue weighted by atomic mass is 10.0. The molecular weight excluding hydrogens is 376 g/mol. The quantitative estimate of drug-likeness (QED) is 0.438. The predicted octanol–water partition coefficient (Wildman–Crippen LogP) is 3.26. The molecular formula is C20H24N4O3S. The lowest BCUT2D eigenvalue weighted by molar-refractivity contribution is -0.384. The van der Waals surface area contributed by atoms with E-state index in [9.17, 15) is 10.1 Å². The number of hydrogen-bond acceptors (Lipinski definition) is 5. The van der Waals surface area contributed by atoms with Crippen molar-refractivity contribution in [1.29, 1.82) is 0 Å². The van der Waals surface area contributed by atoms with Crippen LogP contribution in [0.2, 0.25) is 0 Å². The van der Waals surface area contributed by atoms with Crippen LogP contribution in [0.25, 0.3) is 0 Å². The Balaban J connectivity index is 1.67. The van der Waals surface area contributed by atoms with E-state index in [0.29, 0.717) is 10.8 Å². The maximum Gasteiger partial charge on any atom is 0.269 e. The summed E-state index contributed by atoms with van der Waals surface area (Å²) in [7, 11) is 0. The fourth-order valence-corrected chi connectivity index (χ4v) is 3.33. The molecule has 2 aromatic carbocycles. The molecule has 0 amide bonds. The van der Waals surface area contributed by atoms with Crippen molar-refractivity contribution in [3.63, 3.8) is 0 Å². The van der Waals surface area contributed by atoms with Gasteiger partial charge in [-0.15, -0.1) is 0 Å². The highest BCUT2D eigenvalue weighted by atomic mass is 32.1. The van der Waals surface area contributed by atoms with Crippen LogP contribution in [-0.2, 0) is 4.74 Å². The standard InChI is InChI=1S/C20H24N4O3S/c1-15-2-4-16(5-3-15)19(14-23-10-12-27-13-11-23)22-20(28)21-17-6-8-18(9-7-17)24(25)26/h2-9,19H,10-14H2,1H3,(H2,21,22,28)/t19-/m1/s1. The largest absolute Gasteiger partial charge is 0.379 e. The minimum atomic E-state index is -0.421. The van der Waals surface area contributed by atoms with Crippen LogP contribution >= 0.6 is 12.2 Å². The molecule has 8 heteroatoms. The Bertz CT molecular complexity index is 805. The zero-order chi connectivity index (χ0) is 19.9. The van der Waals surface area contributed by atoms with E-state index in [-0.39, 0.29) is 11.7 Å². The van der Waals surface area contributed by atoms with Crippen LogP contribution in [0.5, 0.6) is 0 Å². The van der Waals surface area contributed by atoms with Crippen LogP contribution in [-0.4, -0.2) is 47.8 Å². The number of non-ortho nitro benzene ring substituents is 1. The Morgan fingerprint density at radius 3 is 2.43 bits per heavy atom. The minimum Gasteiger partial charge on any atom is -0.379 e. The molecule has 0 aromatic heterocycles. The third kappa shape index (κ3) is 5.72. The summed E-state index contributed by atoms with van der Waals surface area (Å²) in [5, 5.41) is 17.8. The number of rotatable bonds is 6. The highest BCUT2D eigenvalue weighted by Gasteiger charge is 2.19. The van der Waals surface area contributed by atoms with Gasteiger partial charge in [-0.25, -0.2) is 0 Å². The van der Waals surface area contributed by atoms with Gasteiger partial charge in [0, 0.05) is 37.5 Å². The van der Waals surface area contributed by atoms with Gasteiger partial charge in [0.25, 0.3) is 5.69 Å². The fraction of sp³-hybridized carbons (Fsp3) is 0.350. The Hall–Kier alpha value is -2.55. The molecule has 1 fully saturated rings. The lowest BCUT2D eigenvalue weighted by Gasteiger charge is -2.31. The summed E-state index contributed by atoms with van der Waals surface area (Å²) in [6, 6.07) is 14.6. The van der Waals surface area contributed by atoms with Crippen LogP contribution in [0, 0.1) is 17.0 Å². The molecule has 7 nitrogen and oxygen atoms in total. The van der Waals surface area contributed by atoms with Crippen LogP contribution in [0.4, 0.5) is 11.4 Å². The van der Waals surface area contributed by atoms with E-state index in [1.807, 2.05) is 0 Å². The van der Waals surface area contributed by atoms with Crippen molar-refractivity contribution < 1.29 is 9.66 Å². The summed E-state index contributed by atoms with van der Waals surface area (Å²) in [4.78, 5) is 12.7. The van der Waals surface area contributed by atoms with E-state index in [1.54, 1.807) is 12.1 Å². The Kier molecular flexibility index (Phi) is 6.91. The lowest BCUT2D eigenvalue weighted by Crippen LogP contribution is -2.44. The first kappa shape index (κ1) is 20.2. The number of nitro benzene ring substituents is 1. The molecule has 1 heterocycles. The van der Waals surface area contributed by atoms with Gasteiger partial charge in [-0.3, -0.25) is 15.0 Å². The average molecular weight is 401 g/mol. The van der Waals surface area contributed by atoms with Gasteiger partial charge >= 0.3 is 0 Å².